The number of carbonyl (C=O) groups excluding carboxylic acids is 1. The highest BCUT2D eigenvalue weighted by Gasteiger charge is 2.14. The van der Waals surface area contributed by atoms with Crippen molar-refractivity contribution in [2.75, 3.05) is 5.32 Å². The van der Waals surface area contributed by atoms with Crippen molar-refractivity contribution in [1.82, 2.24) is 9.97 Å². The molecule has 1 N–H and O–H groups in total. The van der Waals surface area contributed by atoms with E-state index in [1.165, 1.54) is 17.3 Å². The van der Waals surface area contributed by atoms with Crippen LogP contribution in [0.2, 0.25) is 5.02 Å². The van der Waals surface area contributed by atoms with Gasteiger partial charge in [-0.15, -0.1) is 0 Å². The summed E-state index contributed by atoms with van der Waals surface area (Å²) in [7, 11) is 0. The normalized spacial score (nSPS) is 10.5. The summed E-state index contributed by atoms with van der Waals surface area (Å²) in [5, 5.41) is 3.89. The van der Waals surface area contributed by atoms with Gasteiger partial charge in [0, 0.05) is 22.7 Å². The van der Waals surface area contributed by atoms with Gasteiger partial charge in [-0.05, 0) is 39.7 Å². The Balaban J connectivity index is 1.73. The molecule has 0 saturated carbocycles. The highest BCUT2D eigenvalue weighted by atomic mass is 79.9. The van der Waals surface area contributed by atoms with E-state index >= 15 is 0 Å². The van der Waals surface area contributed by atoms with E-state index in [-0.39, 0.29) is 11.6 Å². The quantitative estimate of drug-likeness (QED) is 0.429. The molecule has 25 heavy (non-hydrogen) atoms. The first-order valence-corrected chi connectivity index (χ1v) is 9.53. The van der Waals surface area contributed by atoms with E-state index in [0.29, 0.717) is 20.3 Å². The van der Waals surface area contributed by atoms with Crippen LogP contribution in [-0.2, 0) is 5.75 Å². The van der Waals surface area contributed by atoms with Crippen molar-refractivity contribution in [3.05, 3.63) is 81.5 Å². The number of hydrogen-bond acceptors (Lipinski definition) is 4. The minimum absolute atomic E-state index is 0.283. The molecule has 2 aromatic carbocycles. The van der Waals surface area contributed by atoms with E-state index in [2.05, 4.69) is 31.2 Å². The Morgan fingerprint density at radius 3 is 2.72 bits per heavy atom. The zero-order valence-corrected chi connectivity index (χ0v) is 16.1. The number of hydrogen-bond donors (Lipinski definition) is 1. The zero-order valence-electron chi connectivity index (χ0n) is 12.9. The third-order valence-electron chi connectivity index (χ3n) is 3.23. The standard InChI is InChI=1S/C18H13BrClN3OS/c19-15-10-21-18(25-11-12-5-2-1-3-6-12)23-16(15)17(24)22-14-8-4-7-13(20)9-14/h1-10H,11H2,(H,22,24). The van der Waals surface area contributed by atoms with Gasteiger partial charge in [0.15, 0.2) is 5.16 Å². The first-order valence-electron chi connectivity index (χ1n) is 7.38. The van der Waals surface area contributed by atoms with Crippen molar-refractivity contribution in [2.45, 2.75) is 10.9 Å². The van der Waals surface area contributed by atoms with Crippen molar-refractivity contribution >= 4 is 50.9 Å². The predicted octanol–water partition coefficient (Wildman–Crippen LogP) is 5.44. The summed E-state index contributed by atoms with van der Waals surface area (Å²) in [5.74, 6) is 0.413. The molecule has 1 amide bonds. The number of benzene rings is 2. The van der Waals surface area contributed by atoms with Gasteiger partial charge in [-0.3, -0.25) is 4.79 Å². The van der Waals surface area contributed by atoms with Gasteiger partial charge < -0.3 is 5.32 Å². The van der Waals surface area contributed by atoms with E-state index in [1.807, 2.05) is 30.3 Å². The van der Waals surface area contributed by atoms with Crippen molar-refractivity contribution in [2.24, 2.45) is 0 Å². The fourth-order valence-electron chi connectivity index (χ4n) is 2.06. The predicted molar refractivity (Wildman–Crippen MR) is 105 cm³/mol. The minimum atomic E-state index is -0.321. The summed E-state index contributed by atoms with van der Waals surface area (Å²) in [5.41, 5.74) is 2.07. The van der Waals surface area contributed by atoms with Crippen LogP contribution in [0.4, 0.5) is 5.69 Å². The molecule has 0 fully saturated rings. The largest absolute Gasteiger partial charge is 0.321 e. The third kappa shape index (κ3) is 5.04. The zero-order chi connectivity index (χ0) is 17.6. The average molecular weight is 435 g/mol. The van der Waals surface area contributed by atoms with Gasteiger partial charge in [0.2, 0.25) is 0 Å². The molecule has 4 nitrogen and oxygen atoms in total. The van der Waals surface area contributed by atoms with E-state index < -0.39 is 0 Å². The lowest BCUT2D eigenvalue weighted by Gasteiger charge is -2.08. The highest BCUT2D eigenvalue weighted by molar-refractivity contribution is 9.10. The SMILES string of the molecule is O=C(Nc1cccc(Cl)c1)c1nc(SCc2ccccc2)ncc1Br. The molecular formula is C18H13BrClN3OS. The topological polar surface area (TPSA) is 54.9 Å². The number of rotatable bonds is 5. The third-order valence-corrected chi connectivity index (χ3v) is 4.98. The smallest absolute Gasteiger partial charge is 0.275 e. The molecule has 0 spiro atoms. The molecule has 126 valence electrons. The molecule has 0 radical (unpaired) electrons. The molecule has 7 heteroatoms. The molecule has 0 aliphatic rings. The van der Waals surface area contributed by atoms with Crippen LogP contribution in [0.5, 0.6) is 0 Å². The van der Waals surface area contributed by atoms with E-state index in [0.717, 1.165) is 5.75 Å². The van der Waals surface area contributed by atoms with Crippen molar-refractivity contribution in [1.29, 1.82) is 0 Å². The lowest BCUT2D eigenvalue weighted by Crippen LogP contribution is -2.15. The number of carbonyl (C=O) groups is 1. The molecule has 0 atom stereocenters. The van der Waals surface area contributed by atoms with Crippen LogP contribution in [0.1, 0.15) is 16.1 Å². The summed E-state index contributed by atoms with van der Waals surface area (Å²) in [6.45, 7) is 0. The Morgan fingerprint density at radius 2 is 1.96 bits per heavy atom. The fraction of sp³-hybridized carbons (Fsp3) is 0.0556. The lowest BCUT2D eigenvalue weighted by molar-refractivity contribution is 0.102. The highest BCUT2D eigenvalue weighted by Crippen LogP contribution is 2.23. The van der Waals surface area contributed by atoms with Crippen LogP contribution in [0, 0.1) is 0 Å². The van der Waals surface area contributed by atoms with Gasteiger partial charge in [0.05, 0.1) is 4.47 Å². The Bertz CT molecular complexity index is 892. The fourth-order valence-corrected chi connectivity index (χ4v) is 3.39. The molecule has 0 bridgehead atoms. The second-order valence-corrected chi connectivity index (χ2v) is 7.32. The van der Waals surface area contributed by atoms with Crippen LogP contribution in [0.15, 0.2) is 70.4 Å². The van der Waals surface area contributed by atoms with Crippen molar-refractivity contribution < 1.29 is 4.79 Å². The number of anilines is 1. The summed E-state index contributed by atoms with van der Waals surface area (Å²) in [6.07, 6.45) is 1.59. The van der Waals surface area contributed by atoms with E-state index in [9.17, 15) is 4.79 Å². The number of thioether (sulfide) groups is 1. The van der Waals surface area contributed by atoms with Crippen LogP contribution >= 0.6 is 39.3 Å². The van der Waals surface area contributed by atoms with Gasteiger partial charge in [-0.1, -0.05) is 59.8 Å². The van der Waals surface area contributed by atoms with Crippen LogP contribution < -0.4 is 5.32 Å². The van der Waals surface area contributed by atoms with Crippen LogP contribution in [0.25, 0.3) is 0 Å². The second kappa shape index (κ2) is 8.47. The number of nitrogens with zero attached hydrogens (tertiary/aromatic N) is 2. The van der Waals surface area contributed by atoms with Gasteiger partial charge >= 0.3 is 0 Å². The van der Waals surface area contributed by atoms with Gasteiger partial charge in [-0.2, -0.15) is 0 Å². The van der Waals surface area contributed by atoms with E-state index in [4.69, 9.17) is 11.6 Å². The summed E-state index contributed by atoms with van der Waals surface area (Å²) >= 11 is 10.8. The number of halogens is 2. The van der Waals surface area contributed by atoms with Crippen molar-refractivity contribution in [3.8, 4) is 0 Å². The van der Waals surface area contributed by atoms with Gasteiger partial charge in [0.25, 0.3) is 5.91 Å². The second-order valence-electron chi connectivity index (χ2n) is 5.09. The Labute approximate surface area is 163 Å². The summed E-state index contributed by atoms with van der Waals surface area (Å²) in [6, 6.07) is 17.0. The average Bonchev–Trinajstić information content (AvgIpc) is 2.62. The molecule has 0 saturated heterocycles. The van der Waals surface area contributed by atoms with Gasteiger partial charge in [-0.25, -0.2) is 9.97 Å². The number of amides is 1. The number of aromatic nitrogens is 2. The lowest BCUT2D eigenvalue weighted by atomic mass is 10.2. The summed E-state index contributed by atoms with van der Waals surface area (Å²) < 4.78 is 0.538. The Hall–Kier alpha value is -1.89. The molecule has 0 aliphatic heterocycles. The molecule has 0 unspecified atom stereocenters. The van der Waals surface area contributed by atoms with Gasteiger partial charge in [0.1, 0.15) is 5.69 Å². The summed E-state index contributed by atoms with van der Waals surface area (Å²) in [4.78, 5) is 21.1. The number of nitrogens with one attached hydrogen (secondary N) is 1. The van der Waals surface area contributed by atoms with E-state index in [1.54, 1.807) is 30.5 Å². The maximum absolute atomic E-state index is 12.5. The molecule has 3 rings (SSSR count). The minimum Gasteiger partial charge on any atom is -0.321 e. The molecule has 1 heterocycles. The Morgan fingerprint density at radius 1 is 1.16 bits per heavy atom. The van der Waals surface area contributed by atoms with Crippen LogP contribution in [-0.4, -0.2) is 15.9 Å². The van der Waals surface area contributed by atoms with Crippen LogP contribution in [0.3, 0.4) is 0 Å². The molecule has 0 aliphatic carbocycles. The molecular weight excluding hydrogens is 422 g/mol. The van der Waals surface area contributed by atoms with Crippen molar-refractivity contribution in [3.63, 3.8) is 0 Å². The Kier molecular flexibility index (Phi) is 6.07. The maximum Gasteiger partial charge on any atom is 0.275 e. The first kappa shape index (κ1) is 17.9. The maximum atomic E-state index is 12.5. The molecule has 3 aromatic rings. The molecule has 1 aromatic heterocycles. The monoisotopic (exact) mass is 433 g/mol. The first-order chi connectivity index (χ1) is 12.1.